The zero-order valence-corrected chi connectivity index (χ0v) is 13.5. The maximum atomic E-state index is 12.3. The average Bonchev–Trinajstić information content (AvgIpc) is 2.58. The van der Waals surface area contributed by atoms with Crippen LogP contribution in [0.15, 0.2) is 30.3 Å². The van der Waals surface area contributed by atoms with E-state index in [0.29, 0.717) is 13.0 Å². The van der Waals surface area contributed by atoms with Crippen LogP contribution in [0, 0.1) is 0 Å². The molecule has 0 saturated carbocycles. The first-order valence-corrected chi connectivity index (χ1v) is 7.61. The van der Waals surface area contributed by atoms with Gasteiger partial charge in [0.2, 0.25) is 24.1 Å². The van der Waals surface area contributed by atoms with E-state index in [0.717, 1.165) is 5.56 Å². The number of rotatable bonds is 10. The van der Waals surface area contributed by atoms with E-state index in [2.05, 4.69) is 21.3 Å². The van der Waals surface area contributed by atoms with Crippen LogP contribution in [0.1, 0.15) is 12.5 Å². The molecule has 4 N–H and O–H groups in total. The molecule has 0 heterocycles. The lowest BCUT2D eigenvalue weighted by Crippen LogP contribution is -2.51. The number of hydrogen-bond donors (Lipinski definition) is 4. The van der Waals surface area contributed by atoms with Crippen molar-refractivity contribution in [3.63, 3.8) is 0 Å². The van der Waals surface area contributed by atoms with E-state index < -0.39 is 17.9 Å². The Balaban J connectivity index is 2.68. The summed E-state index contributed by atoms with van der Waals surface area (Å²) in [5.41, 5.74) is 0.860. The van der Waals surface area contributed by atoms with Gasteiger partial charge in [-0.25, -0.2) is 0 Å². The van der Waals surface area contributed by atoms with Gasteiger partial charge >= 0.3 is 0 Å². The molecule has 1 aromatic rings. The van der Waals surface area contributed by atoms with E-state index in [-0.39, 0.29) is 25.4 Å². The Labute approximate surface area is 140 Å². The summed E-state index contributed by atoms with van der Waals surface area (Å²) in [6, 6.07) is 8.33. The van der Waals surface area contributed by atoms with Crippen LogP contribution in [0.4, 0.5) is 0 Å². The van der Waals surface area contributed by atoms with Gasteiger partial charge in [0.25, 0.3) is 0 Å². The SMILES string of the molecule is CCNC(=O)CNC(=O)C(Cc1ccccc1)NC(=O)CNC=O. The number of carbonyl (C=O) groups excluding carboxylic acids is 4. The highest BCUT2D eigenvalue weighted by molar-refractivity contribution is 5.91. The van der Waals surface area contributed by atoms with Crippen molar-refractivity contribution < 1.29 is 19.2 Å². The topological polar surface area (TPSA) is 116 Å². The normalized spacial score (nSPS) is 11.0. The van der Waals surface area contributed by atoms with Gasteiger partial charge in [0.1, 0.15) is 6.04 Å². The summed E-state index contributed by atoms with van der Waals surface area (Å²) in [6.07, 6.45) is 0.676. The van der Waals surface area contributed by atoms with Gasteiger partial charge in [0.05, 0.1) is 13.1 Å². The van der Waals surface area contributed by atoms with E-state index in [1.807, 2.05) is 30.3 Å². The zero-order valence-electron chi connectivity index (χ0n) is 13.5. The molecule has 130 valence electrons. The lowest BCUT2D eigenvalue weighted by atomic mass is 10.1. The molecule has 0 aromatic heterocycles. The molecule has 0 saturated heterocycles. The summed E-state index contributed by atoms with van der Waals surface area (Å²) in [5.74, 6) is -1.26. The number of amides is 4. The van der Waals surface area contributed by atoms with Gasteiger partial charge < -0.3 is 21.3 Å². The van der Waals surface area contributed by atoms with E-state index in [4.69, 9.17) is 0 Å². The Hall–Kier alpha value is -2.90. The molecule has 0 spiro atoms. The van der Waals surface area contributed by atoms with Crippen LogP contribution in [0.2, 0.25) is 0 Å². The minimum Gasteiger partial charge on any atom is -0.355 e. The average molecular weight is 334 g/mol. The summed E-state index contributed by atoms with van der Waals surface area (Å²) in [4.78, 5) is 45.7. The predicted molar refractivity (Wildman–Crippen MR) is 87.8 cm³/mol. The van der Waals surface area contributed by atoms with Crippen LogP contribution in [-0.4, -0.2) is 49.8 Å². The molecule has 1 unspecified atom stereocenters. The van der Waals surface area contributed by atoms with Crippen molar-refractivity contribution in [1.29, 1.82) is 0 Å². The summed E-state index contributed by atoms with van der Waals surface area (Å²) in [7, 11) is 0. The fourth-order valence-electron chi connectivity index (χ4n) is 1.99. The molecule has 24 heavy (non-hydrogen) atoms. The molecule has 1 atom stereocenters. The lowest BCUT2D eigenvalue weighted by molar-refractivity contribution is -0.130. The van der Waals surface area contributed by atoms with Crippen molar-refractivity contribution in [1.82, 2.24) is 21.3 Å². The molecule has 1 aromatic carbocycles. The summed E-state index contributed by atoms with van der Waals surface area (Å²) < 4.78 is 0. The number of benzene rings is 1. The summed E-state index contributed by atoms with van der Waals surface area (Å²) in [5, 5.41) is 9.85. The minimum absolute atomic E-state index is 0.166. The monoisotopic (exact) mass is 334 g/mol. The van der Waals surface area contributed by atoms with Gasteiger partial charge in [-0.3, -0.25) is 19.2 Å². The van der Waals surface area contributed by atoms with Gasteiger partial charge in [0, 0.05) is 13.0 Å². The highest BCUT2D eigenvalue weighted by atomic mass is 16.2. The molecule has 8 heteroatoms. The first kappa shape index (κ1) is 19.1. The quantitative estimate of drug-likeness (QED) is 0.398. The van der Waals surface area contributed by atoms with Gasteiger partial charge in [-0.1, -0.05) is 30.3 Å². The molecular weight excluding hydrogens is 312 g/mol. The molecule has 0 aliphatic rings. The second-order valence-corrected chi connectivity index (χ2v) is 4.98. The van der Waals surface area contributed by atoms with Crippen molar-refractivity contribution in [3.8, 4) is 0 Å². The Morgan fingerprint density at radius 1 is 1.04 bits per heavy atom. The standard InChI is InChI=1S/C16H22N4O4/c1-2-18-14(22)10-19-16(24)13(20-15(23)9-17-11-21)8-12-6-4-3-5-7-12/h3-7,11,13H,2,8-10H2,1H3,(H,17,21)(H,18,22)(H,19,24)(H,20,23). The number of likely N-dealkylation sites (N-methyl/N-ethyl adjacent to an activating group) is 1. The zero-order chi connectivity index (χ0) is 17.8. The van der Waals surface area contributed by atoms with E-state index in [1.165, 1.54) is 0 Å². The van der Waals surface area contributed by atoms with E-state index in [9.17, 15) is 19.2 Å². The van der Waals surface area contributed by atoms with Gasteiger partial charge in [-0.2, -0.15) is 0 Å². The van der Waals surface area contributed by atoms with Crippen molar-refractivity contribution in [2.24, 2.45) is 0 Å². The van der Waals surface area contributed by atoms with Gasteiger partial charge in [-0.05, 0) is 12.5 Å². The van der Waals surface area contributed by atoms with E-state index >= 15 is 0 Å². The van der Waals surface area contributed by atoms with Crippen molar-refractivity contribution in [3.05, 3.63) is 35.9 Å². The Bertz CT molecular complexity index is 562. The van der Waals surface area contributed by atoms with Crippen LogP contribution in [0.3, 0.4) is 0 Å². The largest absolute Gasteiger partial charge is 0.355 e. The molecular formula is C16H22N4O4. The smallest absolute Gasteiger partial charge is 0.243 e. The van der Waals surface area contributed by atoms with Crippen LogP contribution >= 0.6 is 0 Å². The molecule has 1 rings (SSSR count). The Morgan fingerprint density at radius 3 is 2.38 bits per heavy atom. The van der Waals surface area contributed by atoms with Crippen LogP contribution in [0.25, 0.3) is 0 Å². The molecule has 0 aliphatic heterocycles. The predicted octanol–water partition coefficient (Wildman–Crippen LogP) is -1.29. The second kappa shape index (κ2) is 10.8. The van der Waals surface area contributed by atoms with Crippen LogP contribution < -0.4 is 21.3 Å². The molecule has 8 nitrogen and oxygen atoms in total. The Kier molecular flexibility index (Phi) is 8.59. The third-order valence-electron chi connectivity index (χ3n) is 3.08. The fourth-order valence-corrected chi connectivity index (χ4v) is 1.99. The fraction of sp³-hybridized carbons (Fsp3) is 0.375. The molecule has 0 bridgehead atoms. The first-order chi connectivity index (χ1) is 11.6. The maximum Gasteiger partial charge on any atom is 0.243 e. The highest BCUT2D eigenvalue weighted by Gasteiger charge is 2.21. The maximum absolute atomic E-state index is 12.3. The molecule has 0 fully saturated rings. The third kappa shape index (κ3) is 7.39. The first-order valence-electron chi connectivity index (χ1n) is 7.61. The number of nitrogens with one attached hydrogen (secondary N) is 4. The van der Waals surface area contributed by atoms with Crippen LogP contribution in [0.5, 0.6) is 0 Å². The lowest BCUT2D eigenvalue weighted by Gasteiger charge is -2.18. The Morgan fingerprint density at radius 2 is 1.75 bits per heavy atom. The van der Waals surface area contributed by atoms with Crippen molar-refractivity contribution in [2.45, 2.75) is 19.4 Å². The summed E-state index contributed by atoms with van der Waals surface area (Å²) >= 11 is 0. The van der Waals surface area contributed by atoms with Crippen molar-refractivity contribution >= 4 is 24.1 Å². The van der Waals surface area contributed by atoms with Gasteiger partial charge in [-0.15, -0.1) is 0 Å². The third-order valence-corrected chi connectivity index (χ3v) is 3.08. The van der Waals surface area contributed by atoms with Crippen molar-refractivity contribution in [2.75, 3.05) is 19.6 Å². The number of carbonyl (C=O) groups is 4. The van der Waals surface area contributed by atoms with Gasteiger partial charge in [0.15, 0.2) is 0 Å². The highest BCUT2D eigenvalue weighted by Crippen LogP contribution is 2.03. The van der Waals surface area contributed by atoms with E-state index in [1.54, 1.807) is 6.92 Å². The summed E-state index contributed by atoms with van der Waals surface area (Å²) in [6.45, 7) is 1.85. The molecule has 0 aliphatic carbocycles. The molecule has 0 radical (unpaired) electrons. The molecule has 4 amide bonds. The number of hydrogen-bond acceptors (Lipinski definition) is 4. The second-order valence-electron chi connectivity index (χ2n) is 4.98. The minimum atomic E-state index is -0.845. The van der Waals surface area contributed by atoms with Crippen LogP contribution in [-0.2, 0) is 25.6 Å².